The molecule has 0 aliphatic heterocycles. The van der Waals surface area contributed by atoms with Gasteiger partial charge in [0.15, 0.2) is 0 Å². The third kappa shape index (κ3) is 4.74. The maximum absolute atomic E-state index is 5.75. The molecule has 0 amide bonds. The van der Waals surface area contributed by atoms with Crippen molar-refractivity contribution in [2.24, 2.45) is 0 Å². The lowest BCUT2D eigenvalue weighted by Crippen LogP contribution is -2.06. The highest BCUT2D eigenvalue weighted by Gasteiger charge is 2.11. The first-order valence-electron chi connectivity index (χ1n) is 5.49. The van der Waals surface area contributed by atoms with Crippen molar-refractivity contribution < 1.29 is 9.05 Å². The summed E-state index contributed by atoms with van der Waals surface area (Å²) >= 11 is 0. The molecular formula is C12H19O2P. The summed E-state index contributed by atoms with van der Waals surface area (Å²) in [6, 6.07) is 10.2. The van der Waals surface area contributed by atoms with Crippen LogP contribution in [0.4, 0.5) is 0 Å². The molecule has 0 aliphatic rings. The minimum absolute atomic E-state index is 0.701. The van der Waals surface area contributed by atoms with Gasteiger partial charge >= 0.3 is 0 Å². The molecular weight excluding hydrogens is 207 g/mol. The lowest BCUT2D eigenvalue weighted by Gasteiger charge is -2.16. The van der Waals surface area contributed by atoms with Crippen LogP contribution in [0.2, 0.25) is 0 Å². The van der Waals surface area contributed by atoms with Crippen LogP contribution in [0.25, 0.3) is 0 Å². The average molecular weight is 226 g/mol. The first-order valence-corrected chi connectivity index (χ1v) is 6.67. The number of hydrogen-bond acceptors (Lipinski definition) is 2. The van der Waals surface area contributed by atoms with Crippen molar-refractivity contribution in [2.75, 3.05) is 13.2 Å². The van der Waals surface area contributed by atoms with Crippen molar-refractivity contribution in [2.45, 2.75) is 26.7 Å². The van der Waals surface area contributed by atoms with Gasteiger partial charge in [0.25, 0.3) is 0 Å². The Morgan fingerprint density at radius 2 is 1.80 bits per heavy atom. The lowest BCUT2D eigenvalue weighted by atomic mass is 10.4. The summed E-state index contributed by atoms with van der Waals surface area (Å²) in [4.78, 5) is 0. The molecule has 0 radical (unpaired) electrons. The second-order valence-corrected chi connectivity index (χ2v) is 4.74. The molecule has 84 valence electrons. The Kier molecular flexibility index (Phi) is 6.58. The van der Waals surface area contributed by atoms with E-state index in [1.165, 1.54) is 0 Å². The second-order valence-electron chi connectivity index (χ2n) is 3.20. The lowest BCUT2D eigenvalue weighted by molar-refractivity contribution is 0.262. The van der Waals surface area contributed by atoms with Crippen LogP contribution >= 0.6 is 8.38 Å². The molecule has 1 aromatic rings. The van der Waals surface area contributed by atoms with E-state index in [4.69, 9.17) is 9.05 Å². The van der Waals surface area contributed by atoms with Gasteiger partial charge in [0, 0.05) is 5.30 Å². The summed E-state index contributed by atoms with van der Waals surface area (Å²) in [5.41, 5.74) is 0. The van der Waals surface area contributed by atoms with E-state index in [1.54, 1.807) is 0 Å². The molecule has 0 saturated heterocycles. The van der Waals surface area contributed by atoms with E-state index >= 15 is 0 Å². The second kappa shape index (κ2) is 7.81. The molecule has 1 aromatic carbocycles. The van der Waals surface area contributed by atoms with Crippen molar-refractivity contribution >= 4 is 13.7 Å². The van der Waals surface area contributed by atoms with Gasteiger partial charge in [-0.15, -0.1) is 0 Å². The molecule has 1 atom stereocenters. The van der Waals surface area contributed by atoms with E-state index < -0.39 is 8.38 Å². The van der Waals surface area contributed by atoms with Gasteiger partial charge in [-0.05, 0) is 25.5 Å². The van der Waals surface area contributed by atoms with Crippen LogP contribution in [-0.2, 0) is 9.05 Å². The van der Waals surface area contributed by atoms with Crippen LogP contribution < -0.4 is 5.30 Å². The highest BCUT2D eigenvalue weighted by molar-refractivity contribution is 7.55. The molecule has 0 saturated carbocycles. The summed E-state index contributed by atoms with van der Waals surface area (Å²) in [5.74, 6) is 0. The van der Waals surface area contributed by atoms with Gasteiger partial charge in [0.05, 0.1) is 13.2 Å². The predicted molar refractivity (Wildman–Crippen MR) is 65.5 cm³/mol. The Morgan fingerprint density at radius 3 is 2.40 bits per heavy atom. The van der Waals surface area contributed by atoms with E-state index in [9.17, 15) is 0 Å². The summed E-state index contributed by atoms with van der Waals surface area (Å²) in [6.07, 6.45) is 2.25. The van der Waals surface area contributed by atoms with Gasteiger partial charge in [-0.1, -0.05) is 31.5 Å². The van der Waals surface area contributed by atoms with Gasteiger partial charge in [0.1, 0.15) is 0 Å². The molecule has 0 aromatic heterocycles. The SMILES string of the molecule is CCCCOP(OCC)c1ccccc1. The minimum Gasteiger partial charge on any atom is -0.331 e. The molecule has 3 heteroatoms. The molecule has 15 heavy (non-hydrogen) atoms. The standard InChI is InChI=1S/C12H19O2P/c1-3-5-11-14-15(13-4-2)12-9-7-6-8-10-12/h6-10H,3-5,11H2,1-2H3. The number of hydrogen-bond donors (Lipinski definition) is 0. The van der Waals surface area contributed by atoms with E-state index in [2.05, 4.69) is 19.1 Å². The fourth-order valence-electron chi connectivity index (χ4n) is 1.15. The predicted octanol–water partition coefficient (Wildman–Crippen LogP) is 3.48. The quantitative estimate of drug-likeness (QED) is 0.523. The molecule has 0 spiro atoms. The molecule has 1 unspecified atom stereocenters. The van der Waals surface area contributed by atoms with E-state index in [1.807, 2.05) is 25.1 Å². The normalized spacial score (nSPS) is 12.7. The number of benzene rings is 1. The molecule has 0 heterocycles. The third-order valence-electron chi connectivity index (χ3n) is 1.92. The Hall–Kier alpha value is -0.430. The van der Waals surface area contributed by atoms with Crippen LogP contribution in [-0.4, -0.2) is 13.2 Å². The highest BCUT2D eigenvalue weighted by atomic mass is 31.2. The Balaban J connectivity index is 2.50. The first kappa shape index (κ1) is 12.6. The molecule has 0 fully saturated rings. The van der Waals surface area contributed by atoms with Gasteiger partial charge < -0.3 is 9.05 Å². The molecule has 1 rings (SSSR count). The van der Waals surface area contributed by atoms with E-state index in [0.717, 1.165) is 24.8 Å². The molecule has 0 bridgehead atoms. The Bertz CT molecular complexity index is 251. The van der Waals surface area contributed by atoms with Crippen molar-refractivity contribution in [1.29, 1.82) is 0 Å². The summed E-state index contributed by atoms with van der Waals surface area (Å²) < 4.78 is 11.4. The zero-order valence-electron chi connectivity index (χ0n) is 9.48. The van der Waals surface area contributed by atoms with Gasteiger partial charge in [-0.3, -0.25) is 0 Å². The minimum atomic E-state index is -0.867. The van der Waals surface area contributed by atoms with Crippen LogP contribution in [0.15, 0.2) is 30.3 Å². The Morgan fingerprint density at radius 1 is 1.07 bits per heavy atom. The third-order valence-corrected chi connectivity index (χ3v) is 3.55. The maximum Gasteiger partial charge on any atom is 0.205 e. The van der Waals surface area contributed by atoms with Crippen molar-refractivity contribution in [3.63, 3.8) is 0 Å². The van der Waals surface area contributed by atoms with Crippen LogP contribution in [0.5, 0.6) is 0 Å². The van der Waals surface area contributed by atoms with E-state index in [-0.39, 0.29) is 0 Å². The zero-order valence-corrected chi connectivity index (χ0v) is 10.4. The van der Waals surface area contributed by atoms with Gasteiger partial charge in [-0.25, -0.2) is 0 Å². The molecule has 0 aliphatic carbocycles. The fourth-order valence-corrected chi connectivity index (χ4v) is 2.46. The van der Waals surface area contributed by atoms with Gasteiger partial charge in [0.2, 0.25) is 8.38 Å². The highest BCUT2D eigenvalue weighted by Crippen LogP contribution is 2.36. The molecule has 0 N–H and O–H groups in total. The van der Waals surface area contributed by atoms with Crippen LogP contribution in [0.1, 0.15) is 26.7 Å². The van der Waals surface area contributed by atoms with Crippen LogP contribution in [0.3, 0.4) is 0 Å². The zero-order chi connectivity index (χ0) is 10.9. The summed E-state index contributed by atoms with van der Waals surface area (Å²) in [5, 5.41) is 1.16. The van der Waals surface area contributed by atoms with Gasteiger partial charge in [-0.2, -0.15) is 0 Å². The topological polar surface area (TPSA) is 18.5 Å². The monoisotopic (exact) mass is 226 g/mol. The first-order chi connectivity index (χ1) is 7.38. The summed E-state index contributed by atoms with van der Waals surface area (Å²) in [6.45, 7) is 5.65. The van der Waals surface area contributed by atoms with Crippen molar-refractivity contribution in [3.05, 3.63) is 30.3 Å². The van der Waals surface area contributed by atoms with E-state index in [0.29, 0.717) is 6.61 Å². The number of rotatable bonds is 7. The largest absolute Gasteiger partial charge is 0.331 e. The van der Waals surface area contributed by atoms with Crippen molar-refractivity contribution in [1.82, 2.24) is 0 Å². The average Bonchev–Trinajstić information content (AvgIpc) is 2.29. The smallest absolute Gasteiger partial charge is 0.205 e. The maximum atomic E-state index is 5.75. The Labute approximate surface area is 93.5 Å². The van der Waals surface area contributed by atoms with Crippen LogP contribution in [0, 0.1) is 0 Å². The van der Waals surface area contributed by atoms with Crippen molar-refractivity contribution in [3.8, 4) is 0 Å². The summed E-state index contributed by atoms with van der Waals surface area (Å²) in [7, 11) is -0.867. The molecule has 2 nitrogen and oxygen atoms in total. The fraction of sp³-hybridized carbons (Fsp3) is 0.500. The number of unbranched alkanes of at least 4 members (excludes halogenated alkanes) is 1.